The number of hydrogen-bond donors (Lipinski definition) is 2. The molecule has 210 valence electrons. The predicted octanol–water partition coefficient (Wildman–Crippen LogP) is 5.14. The first-order valence-corrected chi connectivity index (χ1v) is 13.2. The highest BCUT2D eigenvalue weighted by atomic mass is 19.1. The summed E-state index contributed by atoms with van der Waals surface area (Å²) in [6.07, 6.45) is 3.81. The number of rotatable bonds is 10. The molecule has 0 unspecified atom stereocenters. The van der Waals surface area contributed by atoms with Crippen LogP contribution in [-0.2, 0) is 11.2 Å². The summed E-state index contributed by atoms with van der Waals surface area (Å²) >= 11 is 0. The first-order valence-electron chi connectivity index (χ1n) is 13.2. The van der Waals surface area contributed by atoms with Crippen LogP contribution in [0.15, 0.2) is 48.6 Å². The lowest BCUT2D eigenvalue weighted by Crippen LogP contribution is -2.48. The second kappa shape index (κ2) is 11.8. The highest BCUT2D eigenvalue weighted by Crippen LogP contribution is 2.43. The lowest BCUT2D eigenvalue weighted by Gasteiger charge is -2.43. The van der Waals surface area contributed by atoms with Crippen molar-refractivity contribution < 1.29 is 22.7 Å². The number of amides is 1. The molecule has 0 bridgehead atoms. The predicted molar refractivity (Wildman–Crippen MR) is 148 cm³/mol. The molecule has 0 saturated heterocycles. The number of fused-ring (bicyclic) bond motifs is 3. The van der Waals surface area contributed by atoms with Crippen LogP contribution in [0.4, 0.5) is 13.2 Å². The molecule has 0 saturated carbocycles. The third-order valence-corrected chi connectivity index (χ3v) is 6.91. The molecule has 0 radical (unpaired) electrons. The number of halogens is 3. The minimum atomic E-state index is -1.56. The highest BCUT2D eigenvalue weighted by molar-refractivity contribution is 5.87. The van der Waals surface area contributed by atoms with E-state index in [0.717, 1.165) is 16.5 Å². The summed E-state index contributed by atoms with van der Waals surface area (Å²) < 4.78 is 51.9. The van der Waals surface area contributed by atoms with Gasteiger partial charge in [-0.2, -0.15) is 0 Å². The van der Waals surface area contributed by atoms with Gasteiger partial charge in [-0.25, -0.2) is 13.2 Å². The van der Waals surface area contributed by atoms with Crippen molar-refractivity contribution in [3.63, 3.8) is 0 Å². The molecule has 2 N–H and O–H groups in total. The number of alkyl halides is 1. The number of likely N-dealkylation sites (N-methyl/N-ethyl adjacent to an activating group) is 1. The van der Waals surface area contributed by atoms with E-state index < -0.39 is 23.3 Å². The van der Waals surface area contributed by atoms with Gasteiger partial charge in [0.05, 0.1) is 6.04 Å². The Labute approximate surface area is 227 Å². The number of nitrogens with zero attached hydrogens (tertiary/aromatic N) is 2. The van der Waals surface area contributed by atoms with Gasteiger partial charge in [-0.1, -0.05) is 24.3 Å². The summed E-state index contributed by atoms with van der Waals surface area (Å²) in [5.41, 5.74) is 0.890. The van der Waals surface area contributed by atoms with Gasteiger partial charge in [-0.3, -0.25) is 9.69 Å². The van der Waals surface area contributed by atoms with E-state index in [-0.39, 0.29) is 36.4 Å². The van der Waals surface area contributed by atoms with Crippen LogP contribution in [0.5, 0.6) is 5.75 Å². The second-order valence-electron chi connectivity index (χ2n) is 10.9. The number of carbonyl (C=O) groups excluding carboxylic acids is 1. The van der Waals surface area contributed by atoms with E-state index in [1.54, 1.807) is 20.2 Å². The van der Waals surface area contributed by atoms with Crippen molar-refractivity contribution in [3.8, 4) is 5.75 Å². The van der Waals surface area contributed by atoms with Crippen LogP contribution >= 0.6 is 0 Å². The molecule has 2 atom stereocenters. The Morgan fingerprint density at radius 2 is 1.92 bits per heavy atom. The summed E-state index contributed by atoms with van der Waals surface area (Å²) in [6, 6.07) is 9.20. The summed E-state index contributed by atoms with van der Waals surface area (Å²) in [7, 11) is 3.34. The average molecular weight is 543 g/mol. The number of ether oxygens (including phenoxy) is 1. The second-order valence-corrected chi connectivity index (χ2v) is 10.9. The van der Waals surface area contributed by atoms with Gasteiger partial charge < -0.3 is 19.9 Å². The fraction of sp³-hybridized carbons (Fsp3) is 0.433. The Bertz CT molecular complexity index is 1320. The Morgan fingerprint density at radius 1 is 1.23 bits per heavy atom. The molecule has 9 heteroatoms. The van der Waals surface area contributed by atoms with Gasteiger partial charge in [0, 0.05) is 80.1 Å². The van der Waals surface area contributed by atoms with Crippen LogP contribution in [-0.4, -0.2) is 72.7 Å². The van der Waals surface area contributed by atoms with Crippen LogP contribution < -0.4 is 10.1 Å². The molecular formula is C30H37F3N4O2. The van der Waals surface area contributed by atoms with Crippen LogP contribution in [0, 0.1) is 11.6 Å². The van der Waals surface area contributed by atoms with Gasteiger partial charge in [0.2, 0.25) is 5.91 Å². The van der Waals surface area contributed by atoms with E-state index in [4.69, 9.17) is 4.74 Å². The van der Waals surface area contributed by atoms with E-state index in [0.29, 0.717) is 25.2 Å². The SMILES string of the molecule is C[C@@H]1Cc2c([nH]c3ccccc23)[C@@H](c2c(F)cc(OCCNC/C=C/C(=O)N(C)C)cc2F)N1CC(C)(C)F. The maximum atomic E-state index is 15.7. The molecule has 2 heterocycles. The zero-order valence-corrected chi connectivity index (χ0v) is 23.2. The molecule has 0 spiro atoms. The molecule has 0 fully saturated rings. The van der Waals surface area contributed by atoms with Crippen molar-refractivity contribution in [2.24, 2.45) is 0 Å². The molecule has 1 aromatic heterocycles. The van der Waals surface area contributed by atoms with E-state index in [1.165, 1.54) is 37.0 Å². The lowest BCUT2D eigenvalue weighted by atomic mass is 9.87. The number of H-pyrrole nitrogens is 1. The third kappa shape index (κ3) is 6.65. The van der Waals surface area contributed by atoms with Crippen LogP contribution in [0.25, 0.3) is 10.9 Å². The molecule has 2 aromatic carbocycles. The molecule has 0 aliphatic carbocycles. The van der Waals surface area contributed by atoms with Gasteiger partial charge in [0.25, 0.3) is 0 Å². The number of aromatic amines is 1. The number of para-hydroxylation sites is 1. The van der Waals surface area contributed by atoms with Gasteiger partial charge in [0.1, 0.15) is 29.7 Å². The van der Waals surface area contributed by atoms with Crippen LogP contribution in [0.2, 0.25) is 0 Å². The quantitative estimate of drug-likeness (QED) is 0.275. The summed E-state index contributed by atoms with van der Waals surface area (Å²) in [4.78, 5) is 18.2. The highest BCUT2D eigenvalue weighted by Gasteiger charge is 2.41. The zero-order chi connectivity index (χ0) is 28.3. The third-order valence-electron chi connectivity index (χ3n) is 6.91. The van der Waals surface area contributed by atoms with E-state index in [1.807, 2.05) is 36.1 Å². The Kier molecular flexibility index (Phi) is 8.71. The molecule has 1 amide bonds. The fourth-order valence-electron chi connectivity index (χ4n) is 5.14. The van der Waals surface area contributed by atoms with Crippen LogP contribution in [0.3, 0.4) is 0 Å². The van der Waals surface area contributed by atoms with Gasteiger partial charge >= 0.3 is 0 Å². The van der Waals surface area contributed by atoms with Gasteiger partial charge in [-0.15, -0.1) is 0 Å². The standard InChI is InChI=1S/C30H37F3N4O2/c1-19-15-22-21-9-6-7-10-25(21)35-28(22)29(37(19)18-30(2,3)33)27-23(31)16-20(17-24(27)32)39-14-13-34-12-8-11-26(38)36(4)5/h6-11,16-17,19,29,34-35H,12-15,18H2,1-5H3/b11-8+/t19-,29-/m1/s1. The summed E-state index contributed by atoms with van der Waals surface area (Å²) in [5, 5.41) is 4.09. The van der Waals surface area contributed by atoms with Crippen molar-refractivity contribution in [2.45, 2.75) is 44.9 Å². The number of aromatic nitrogens is 1. The van der Waals surface area contributed by atoms with E-state index >= 15 is 8.78 Å². The topological polar surface area (TPSA) is 60.6 Å². The normalized spacial score (nSPS) is 18.1. The molecular weight excluding hydrogens is 505 g/mol. The Balaban J connectivity index is 1.56. The minimum absolute atomic E-state index is 0.0189. The first-order chi connectivity index (χ1) is 18.5. The molecule has 39 heavy (non-hydrogen) atoms. The fourth-order valence-corrected chi connectivity index (χ4v) is 5.14. The number of hydrogen-bond acceptors (Lipinski definition) is 4. The smallest absolute Gasteiger partial charge is 0.245 e. The maximum Gasteiger partial charge on any atom is 0.245 e. The van der Waals surface area contributed by atoms with Crippen molar-refractivity contribution in [2.75, 3.05) is 40.3 Å². The van der Waals surface area contributed by atoms with Crippen molar-refractivity contribution in [3.05, 3.63) is 77.0 Å². The van der Waals surface area contributed by atoms with Gasteiger partial charge in [-0.05, 0) is 38.8 Å². The largest absolute Gasteiger partial charge is 0.492 e. The Morgan fingerprint density at radius 3 is 2.59 bits per heavy atom. The zero-order valence-electron chi connectivity index (χ0n) is 23.2. The number of nitrogens with one attached hydrogen (secondary N) is 2. The molecule has 1 aliphatic rings. The molecule has 3 aromatic rings. The van der Waals surface area contributed by atoms with Crippen molar-refractivity contribution in [1.29, 1.82) is 0 Å². The molecule has 6 nitrogen and oxygen atoms in total. The summed E-state index contributed by atoms with van der Waals surface area (Å²) in [6.45, 7) is 6.00. The molecule has 1 aliphatic heterocycles. The van der Waals surface area contributed by atoms with Crippen LogP contribution in [0.1, 0.15) is 43.6 Å². The monoisotopic (exact) mass is 542 g/mol. The minimum Gasteiger partial charge on any atom is -0.492 e. The molecule has 4 rings (SSSR count). The van der Waals surface area contributed by atoms with Crippen molar-refractivity contribution in [1.82, 2.24) is 20.1 Å². The lowest BCUT2D eigenvalue weighted by molar-refractivity contribution is -0.123. The van der Waals surface area contributed by atoms with E-state index in [9.17, 15) is 9.18 Å². The summed E-state index contributed by atoms with van der Waals surface area (Å²) in [5.74, 6) is -1.52. The van der Waals surface area contributed by atoms with Gasteiger partial charge in [0.15, 0.2) is 0 Å². The number of carbonyl (C=O) groups is 1. The number of benzene rings is 2. The van der Waals surface area contributed by atoms with E-state index in [2.05, 4.69) is 10.3 Å². The van der Waals surface area contributed by atoms with Crippen molar-refractivity contribution >= 4 is 16.8 Å². The first kappa shape index (κ1) is 28.7. The maximum absolute atomic E-state index is 15.7. The average Bonchev–Trinajstić information content (AvgIpc) is 3.21. The Hall–Kier alpha value is -3.30.